The molecule has 170 valence electrons. The van der Waals surface area contributed by atoms with Crippen LogP contribution in [-0.2, 0) is 4.79 Å². The van der Waals surface area contributed by atoms with Gasteiger partial charge in [-0.05, 0) is 44.0 Å². The van der Waals surface area contributed by atoms with Gasteiger partial charge in [0, 0.05) is 42.3 Å². The van der Waals surface area contributed by atoms with E-state index in [4.69, 9.17) is 11.6 Å². The molecule has 1 aliphatic rings. The number of fused-ring (bicyclic) bond motifs is 3. The van der Waals surface area contributed by atoms with Gasteiger partial charge in [0.25, 0.3) is 17.3 Å². The number of rotatable bonds is 3. The number of carbonyl (C=O) groups is 1. The molecule has 4 aromatic heterocycles. The number of piperidine rings is 1. The van der Waals surface area contributed by atoms with Crippen LogP contribution in [0.3, 0.4) is 0 Å². The molecule has 0 aliphatic carbocycles. The Morgan fingerprint density at radius 2 is 1.91 bits per heavy atom. The van der Waals surface area contributed by atoms with Gasteiger partial charge in [-0.15, -0.1) is 4.98 Å². The van der Waals surface area contributed by atoms with Gasteiger partial charge >= 0.3 is 0 Å². The maximum Gasteiger partial charge on any atom is 0.269 e. The van der Waals surface area contributed by atoms with Gasteiger partial charge in [0.1, 0.15) is 17.8 Å². The van der Waals surface area contributed by atoms with Crippen molar-refractivity contribution < 1.29 is 9.90 Å². The van der Waals surface area contributed by atoms with Gasteiger partial charge < -0.3 is 19.4 Å². The zero-order chi connectivity index (χ0) is 23.8. The predicted octanol–water partition coefficient (Wildman–Crippen LogP) is 3.10. The summed E-state index contributed by atoms with van der Waals surface area (Å²) in [6.07, 6.45) is 3.52. The average Bonchev–Trinajstić information content (AvgIpc) is 2.88. The minimum absolute atomic E-state index is 0.107. The number of aromatic nitrogens is 4. The lowest BCUT2D eigenvalue weighted by Gasteiger charge is -2.34. The van der Waals surface area contributed by atoms with E-state index < -0.39 is 6.10 Å². The number of amides is 1. The first-order valence-corrected chi connectivity index (χ1v) is 11.1. The zero-order valence-corrected chi connectivity index (χ0v) is 18.5. The molecule has 4 aromatic rings. The molecule has 1 saturated heterocycles. The van der Waals surface area contributed by atoms with Crippen molar-refractivity contribution in [3.63, 3.8) is 0 Å². The number of aliphatic hydroxyl groups is 1. The predicted molar refractivity (Wildman–Crippen MR) is 127 cm³/mol. The van der Waals surface area contributed by atoms with E-state index >= 15 is 0 Å². The molecule has 0 bridgehead atoms. The van der Waals surface area contributed by atoms with Gasteiger partial charge in [-0.1, -0.05) is 12.6 Å². The first kappa shape index (κ1) is 21.7. The molecule has 1 N–H and O–H groups in total. The van der Waals surface area contributed by atoms with E-state index in [0.717, 1.165) is 10.9 Å². The van der Waals surface area contributed by atoms with Gasteiger partial charge in [-0.3, -0.25) is 14.6 Å². The first-order valence-electron chi connectivity index (χ1n) is 11.1. The second-order valence-electron chi connectivity index (χ2n) is 8.42. The monoisotopic (exact) mass is 454 g/mol. The molecule has 0 unspecified atom stereocenters. The molecule has 1 atom stereocenters. The molecular weight excluding hydrogens is 432 g/mol. The fourth-order valence-corrected chi connectivity index (χ4v) is 4.53. The van der Waals surface area contributed by atoms with E-state index in [1.807, 2.05) is 12.1 Å². The molecular formula is C25H22N6O3. The Morgan fingerprint density at radius 3 is 2.59 bits per heavy atom. The van der Waals surface area contributed by atoms with Gasteiger partial charge in [-0.2, -0.15) is 0 Å². The minimum Gasteiger partial charge on any atom is -0.384 e. The molecule has 1 fully saturated rings. The van der Waals surface area contributed by atoms with Gasteiger partial charge in [0.15, 0.2) is 0 Å². The van der Waals surface area contributed by atoms with Crippen molar-refractivity contribution in [1.29, 1.82) is 0 Å². The highest BCUT2D eigenvalue weighted by atomic mass is 16.3. The first-order chi connectivity index (χ1) is 16.5. The van der Waals surface area contributed by atoms with Gasteiger partial charge in [0.05, 0.1) is 16.7 Å². The highest BCUT2D eigenvalue weighted by Gasteiger charge is 2.27. The Bertz CT molecular complexity index is 1500. The van der Waals surface area contributed by atoms with Crippen LogP contribution < -0.4 is 5.56 Å². The lowest BCUT2D eigenvalue weighted by atomic mass is 10.0. The van der Waals surface area contributed by atoms with E-state index in [-0.39, 0.29) is 17.5 Å². The molecule has 0 spiro atoms. The summed E-state index contributed by atoms with van der Waals surface area (Å²) in [6, 6.07) is 10.4. The molecule has 9 nitrogen and oxygen atoms in total. The standard InChI is InChI=1S/C25H22N6O3/c1-15(32)25(34)30-11-9-18(10-12-30)31-22(33)8-4-17-14-27-20-6-5-19(29-23(20)24(17)31)16-3-7-21(26-2)28-13-16/h3-8,13-15,18,32H,9-12H2,1H3/t15-/m1/s1. The summed E-state index contributed by atoms with van der Waals surface area (Å²) in [7, 11) is 0. The van der Waals surface area contributed by atoms with Crippen LogP contribution in [-0.4, -0.2) is 54.6 Å². The van der Waals surface area contributed by atoms with E-state index in [2.05, 4.69) is 14.8 Å². The summed E-state index contributed by atoms with van der Waals surface area (Å²) < 4.78 is 1.78. The van der Waals surface area contributed by atoms with Gasteiger partial charge in [0.2, 0.25) is 0 Å². The highest BCUT2D eigenvalue weighted by molar-refractivity contribution is 6.01. The van der Waals surface area contributed by atoms with Crippen LogP contribution in [0.15, 0.2) is 53.6 Å². The van der Waals surface area contributed by atoms with Crippen molar-refractivity contribution in [1.82, 2.24) is 24.4 Å². The van der Waals surface area contributed by atoms with Crippen LogP contribution in [0.2, 0.25) is 0 Å². The number of likely N-dealkylation sites (tertiary alicyclic amines) is 1. The average molecular weight is 454 g/mol. The number of hydrogen-bond acceptors (Lipinski definition) is 6. The quantitative estimate of drug-likeness (QED) is 0.377. The minimum atomic E-state index is -1.03. The van der Waals surface area contributed by atoms with Crippen LogP contribution in [0.1, 0.15) is 25.8 Å². The lowest BCUT2D eigenvalue weighted by molar-refractivity contribution is -0.140. The lowest BCUT2D eigenvalue weighted by Crippen LogP contribution is -2.44. The van der Waals surface area contributed by atoms with Crippen molar-refractivity contribution in [3.8, 4) is 11.3 Å². The summed E-state index contributed by atoms with van der Waals surface area (Å²) in [5.41, 5.74) is 3.31. The molecule has 0 aromatic carbocycles. The number of aliphatic hydroxyl groups excluding tert-OH is 1. The Labute approximate surface area is 195 Å². The van der Waals surface area contributed by atoms with Crippen molar-refractivity contribution in [3.05, 3.63) is 70.6 Å². The number of pyridine rings is 4. The van der Waals surface area contributed by atoms with Crippen LogP contribution in [0.5, 0.6) is 0 Å². The molecule has 1 aliphatic heterocycles. The number of nitrogens with zero attached hydrogens (tertiary/aromatic N) is 6. The summed E-state index contributed by atoms with van der Waals surface area (Å²) in [6.45, 7) is 9.50. The Kier molecular flexibility index (Phi) is 5.51. The third-order valence-electron chi connectivity index (χ3n) is 6.26. The Morgan fingerprint density at radius 1 is 1.12 bits per heavy atom. The zero-order valence-electron chi connectivity index (χ0n) is 18.5. The van der Waals surface area contributed by atoms with Crippen LogP contribution in [0.4, 0.5) is 5.82 Å². The number of carbonyl (C=O) groups excluding carboxylic acids is 1. The SMILES string of the molecule is [C-]#[N+]c1ccc(-c2ccc3ncc4ccc(=O)n(C5CCN(C(=O)[C@@H](C)O)CC5)c4c3n2)cn1. The Balaban J connectivity index is 1.61. The Hall–Kier alpha value is -4.16. The molecule has 5 rings (SSSR count). The summed E-state index contributed by atoms with van der Waals surface area (Å²) in [5.74, 6) is 0.0217. The van der Waals surface area contributed by atoms with Crippen LogP contribution in [0.25, 0.3) is 38.0 Å². The van der Waals surface area contributed by atoms with Crippen molar-refractivity contribution >= 4 is 33.7 Å². The van der Waals surface area contributed by atoms with E-state index in [1.165, 1.54) is 6.92 Å². The summed E-state index contributed by atoms with van der Waals surface area (Å²) >= 11 is 0. The molecule has 1 amide bonds. The highest BCUT2D eigenvalue weighted by Crippen LogP contribution is 2.30. The van der Waals surface area contributed by atoms with Gasteiger partial charge in [-0.25, -0.2) is 4.98 Å². The normalized spacial score (nSPS) is 15.4. The van der Waals surface area contributed by atoms with Crippen LogP contribution in [0, 0.1) is 6.57 Å². The smallest absolute Gasteiger partial charge is 0.269 e. The second kappa shape index (κ2) is 8.65. The maximum absolute atomic E-state index is 13.1. The van der Waals surface area contributed by atoms with Crippen molar-refractivity contribution in [2.75, 3.05) is 13.1 Å². The van der Waals surface area contributed by atoms with E-state index in [1.54, 1.807) is 46.1 Å². The molecule has 9 heteroatoms. The second-order valence-corrected chi connectivity index (χ2v) is 8.42. The van der Waals surface area contributed by atoms with Crippen LogP contribution >= 0.6 is 0 Å². The molecule has 34 heavy (non-hydrogen) atoms. The van der Waals surface area contributed by atoms with E-state index in [0.29, 0.717) is 54.0 Å². The number of hydrogen-bond donors (Lipinski definition) is 1. The molecule has 0 saturated carbocycles. The summed E-state index contributed by atoms with van der Waals surface area (Å²) in [5, 5.41) is 10.4. The maximum atomic E-state index is 13.1. The largest absolute Gasteiger partial charge is 0.384 e. The third-order valence-corrected chi connectivity index (χ3v) is 6.26. The third kappa shape index (κ3) is 3.78. The van der Waals surface area contributed by atoms with Crippen molar-refractivity contribution in [2.24, 2.45) is 0 Å². The van der Waals surface area contributed by atoms with E-state index in [9.17, 15) is 14.7 Å². The summed E-state index contributed by atoms with van der Waals surface area (Å²) in [4.78, 5) is 43.8. The fourth-order valence-electron chi connectivity index (χ4n) is 4.53. The fraction of sp³-hybridized carbons (Fsp3) is 0.280. The van der Waals surface area contributed by atoms with Crippen molar-refractivity contribution in [2.45, 2.75) is 31.9 Å². The topological polar surface area (TPSA) is 106 Å². The molecule has 0 radical (unpaired) electrons. The molecule has 5 heterocycles.